The van der Waals surface area contributed by atoms with Crippen molar-refractivity contribution >= 4 is 23.6 Å². The quantitative estimate of drug-likeness (QED) is 0.900. The summed E-state index contributed by atoms with van der Waals surface area (Å²) in [6, 6.07) is 14.5. The van der Waals surface area contributed by atoms with E-state index in [2.05, 4.69) is 0 Å². The number of benzene rings is 2. The van der Waals surface area contributed by atoms with Gasteiger partial charge in [0, 0.05) is 0 Å². The zero-order valence-corrected chi connectivity index (χ0v) is 11.4. The number of carboxylic acid groups (broad SMARTS) is 1. The maximum atomic E-state index is 11.1. The van der Waals surface area contributed by atoms with Crippen LogP contribution in [0.1, 0.15) is 15.9 Å². The molecule has 1 N–H and O–H groups in total. The SMILES string of the molecule is O=C(O)c1c(Cl)cccc1OCC=Cc1ccccc1. The molecule has 102 valence electrons. The highest BCUT2D eigenvalue weighted by Crippen LogP contribution is 2.26. The predicted molar refractivity (Wildman–Crippen MR) is 79.4 cm³/mol. The molecule has 0 amide bonds. The lowest BCUT2D eigenvalue weighted by atomic mass is 10.2. The van der Waals surface area contributed by atoms with Gasteiger partial charge in [-0.2, -0.15) is 0 Å². The summed E-state index contributed by atoms with van der Waals surface area (Å²) < 4.78 is 5.45. The highest BCUT2D eigenvalue weighted by molar-refractivity contribution is 6.33. The molecule has 0 fully saturated rings. The summed E-state index contributed by atoms with van der Waals surface area (Å²) in [7, 11) is 0. The monoisotopic (exact) mass is 288 g/mol. The van der Waals surface area contributed by atoms with Crippen molar-refractivity contribution in [3.8, 4) is 5.75 Å². The molecule has 4 heteroatoms. The van der Waals surface area contributed by atoms with Gasteiger partial charge < -0.3 is 9.84 Å². The molecule has 0 bridgehead atoms. The molecule has 20 heavy (non-hydrogen) atoms. The Balaban J connectivity index is 2.03. The molecule has 0 saturated heterocycles. The van der Waals surface area contributed by atoms with Crippen molar-refractivity contribution in [2.75, 3.05) is 6.61 Å². The van der Waals surface area contributed by atoms with Crippen molar-refractivity contribution in [2.24, 2.45) is 0 Å². The van der Waals surface area contributed by atoms with Crippen LogP contribution in [-0.4, -0.2) is 17.7 Å². The third-order valence-electron chi connectivity index (χ3n) is 2.63. The number of halogens is 1. The van der Waals surface area contributed by atoms with Crippen molar-refractivity contribution < 1.29 is 14.6 Å². The van der Waals surface area contributed by atoms with Crippen LogP contribution in [-0.2, 0) is 0 Å². The topological polar surface area (TPSA) is 46.5 Å². The Morgan fingerprint density at radius 3 is 2.60 bits per heavy atom. The molecule has 0 saturated carbocycles. The molecule has 0 radical (unpaired) electrons. The molecule has 3 nitrogen and oxygen atoms in total. The number of aromatic carboxylic acids is 1. The second-order valence-corrected chi connectivity index (χ2v) is 4.45. The van der Waals surface area contributed by atoms with Gasteiger partial charge in [0.15, 0.2) is 0 Å². The van der Waals surface area contributed by atoms with Crippen LogP contribution in [0.3, 0.4) is 0 Å². The fraction of sp³-hybridized carbons (Fsp3) is 0.0625. The Hall–Kier alpha value is -2.26. The summed E-state index contributed by atoms with van der Waals surface area (Å²) in [6.45, 7) is 0.273. The fourth-order valence-corrected chi connectivity index (χ4v) is 1.97. The summed E-state index contributed by atoms with van der Waals surface area (Å²) in [5.74, 6) is -0.833. The summed E-state index contributed by atoms with van der Waals surface area (Å²) >= 11 is 5.85. The molecule has 2 aromatic carbocycles. The normalized spacial score (nSPS) is 10.7. The third-order valence-corrected chi connectivity index (χ3v) is 2.95. The first-order valence-electron chi connectivity index (χ1n) is 6.04. The minimum Gasteiger partial charge on any atom is -0.489 e. The number of ether oxygens (including phenoxy) is 1. The van der Waals surface area contributed by atoms with Crippen LogP contribution in [0.25, 0.3) is 6.08 Å². The lowest BCUT2D eigenvalue weighted by molar-refractivity contribution is 0.0693. The van der Waals surface area contributed by atoms with Gasteiger partial charge in [-0.15, -0.1) is 0 Å². The van der Waals surface area contributed by atoms with E-state index in [0.29, 0.717) is 0 Å². The second kappa shape index (κ2) is 6.78. The Bertz CT molecular complexity index is 621. The highest BCUT2D eigenvalue weighted by Gasteiger charge is 2.14. The van der Waals surface area contributed by atoms with Crippen molar-refractivity contribution in [1.29, 1.82) is 0 Å². The molecule has 2 aromatic rings. The lowest BCUT2D eigenvalue weighted by Gasteiger charge is -2.08. The van der Waals surface area contributed by atoms with Crippen LogP contribution < -0.4 is 4.74 Å². The van der Waals surface area contributed by atoms with Gasteiger partial charge >= 0.3 is 5.97 Å². The molecule has 0 atom stereocenters. The van der Waals surface area contributed by atoms with Gasteiger partial charge in [-0.3, -0.25) is 0 Å². The maximum absolute atomic E-state index is 11.1. The maximum Gasteiger partial charge on any atom is 0.341 e. The number of hydrogen-bond donors (Lipinski definition) is 1. The third kappa shape index (κ3) is 3.62. The minimum absolute atomic E-state index is 0.0118. The number of carbonyl (C=O) groups is 1. The van der Waals surface area contributed by atoms with Crippen LogP contribution in [0.4, 0.5) is 0 Å². The minimum atomic E-state index is -1.10. The van der Waals surface area contributed by atoms with Crippen molar-refractivity contribution in [1.82, 2.24) is 0 Å². The van der Waals surface area contributed by atoms with Gasteiger partial charge in [0.1, 0.15) is 17.9 Å². The van der Waals surface area contributed by atoms with Crippen molar-refractivity contribution in [3.05, 3.63) is 70.8 Å². The van der Waals surface area contributed by atoms with Gasteiger partial charge in [-0.1, -0.05) is 54.1 Å². The average molecular weight is 289 g/mol. The summed E-state index contributed by atoms with van der Waals surface area (Å²) in [5, 5.41) is 9.27. The van der Waals surface area contributed by atoms with E-state index in [1.54, 1.807) is 12.1 Å². The Labute approximate surface area is 122 Å². The smallest absolute Gasteiger partial charge is 0.341 e. The van der Waals surface area contributed by atoms with Gasteiger partial charge in [0.05, 0.1) is 5.02 Å². The molecule has 0 aromatic heterocycles. The van der Waals surface area contributed by atoms with Gasteiger partial charge in [-0.05, 0) is 23.8 Å². The van der Waals surface area contributed by atoms with E-state index in [9.17, 15) is 4.79 Å². The summed E-state index contributed by atoms with van der Waals surface area (Å²) in [4.78, 5) is 11.1. The summed E-state index contributed by atoms with van der Waals surface area (Å²) in [6.07, 6.45) is 3.73. The summed E-state index contributed by atoms with van der Waals surface area (Å²) in [5.41, 5.74) is 1.04. The largest absolute Gasteiger partial charge is 0.489 e. The predicted octanol–water partition coefficient (Wildman–Crippen LogP) is 4.13. The van der Waals surface area contributed by atoms with Crippen LogP contribution in [0, 0.1) is 0 Å². The van der Waals surface area contributed by atoms with E-state index in [1.807, 2.05) is 42.5 Å². The molecule has 0 aliphatic heterocycles. The van der Waals surface area contributed by atoms with Gasteiger partial charge in [0.2, 0.25) is 0 Å². The zero-order valence-electron chi connectivity index (χ0n) is 10.6. The first kappa shape index (κ1) is 14.2. The average Bonchev–Trinajstić information content (AvgIpc) is 2.44. The van der Waals surface area contributed by atoms with Crippen molar-refractivity contribution in [3.63, 3.8) is 0 Å². The van der Waals surface area contributed by atoms with E-state index in [1.165, 1.54) is 6.07 Å². The van der Waals surface area contributed by atoms with Crippen LogP contribution in [0.2, 0.25) is 5.02 Å². The van der Waals surface area contributed by atoms with Gasteiger partial charge in [0.25, 0.3) is 0 Å². The van der Waals surface area contributed by atoms with E-state index in [-0.39, 0.29) is 22.9 Å². The molecule has 0 spiro atoms. The Morgan fingerprint density at radius 1 is 1.15 bits per heavy atom. The first-order chi connectivity index (χ1) is 9.68. The number of carboxylic acids is 1. The molecular weight excluding hydrogens is 276 g/mol. The number of rotatable bonds is 5. The van der Waals surface area contributed by atoms with E-state index in [4.69, 9.17) is 21.4 Å². The zero-order chi connectivity index (χ0) is 14.4. The van der Waals surface area contributed by atoms with Crippen molar-refractivity contribution in [2.45, 2.75) is 0 Å². The first-order valence-corrected chi connectivity index (χ1v) is 6.42. The van der Waals surface area contributed by atoms with E-state index in [0.717, 1.165) is 5.56 Å². The molecule has 0 aliphatic rings. The van der Waals surface area contributed by atoms with Crippen LogP contribution in [0.5, 0.6) is 5.75 Å². The Morgan fingerprint density at radius 2 is 1.90 bits per heavy atom. The lowest BCUT2D eigenvalue weighted by Crippen LogP contribution is -2.03. The fourth-order valence-electron chi connectivity index (χ4n) is 1.72. The Kier molecular flexibility index (Phi) is 4.80. The van der Waals surface area contributed by atoms with Gasteiger partial charge in [-0.25, -0.2) is 4.79 Å². The second-order valence-electron chi connectivity index (χ2n) is 4.04. The van der Waals surface area contributed by atoms with E-state index < -0.39 is 5.97 Å². The number of hydrogen-bond acceptors (Lipinski definition) is 2. The highest BCUT2D eigenvalue weighted by atomic mass is 35.5. The molecular formula is C16H13ClO3. The standard InChI is InChI=1S/C16H13ClO3/c17-13-9-4-10-14(15(13)16(18)19)20-11-5-8-12-6-2-1-3-7-12/h1-10H,11H2,(H,18,19). The van der Waals surface area contributed by atoms with E-state index >= 15 is 0 Å². The molecule has 0 aliphatic carbocycles. The van der Waals surface area contributed by atoms with Crippen LogP contribution in [0.15, 0.2) is 54.6 Å². The molecule has 0 unspecified atom stereocenters. The van der Waals surface area contributed by atoms with Crippen LogP contribution >= 0.6 is 11.6 Å². The molecule has 2 rings (SSSR count). The molecule has 0 heterocycles.